The summed E-state index contributed by atoms with van der Waals surface area (Å²) < 4.78 is 4.76. The molecule has 1 saturated heterocycles. The molecular weight excluding hydrogens is 318 g/mol. The van der Waals surface area contributed by atoms with Crippen molar-refractivity contribution in [2.45, 2.75) is 25.8 Å². The van der Waals surface area contributed by atoms with E-state index >= 15 is 0 Å². The molecule has 1 N–H and O–H groups in total. The van der Waals surface area contributed by atoms with E-state index in [0.29, 0.717) is 6.42 Å². The number of nitrogens with zero attached hydrogens (tertiary/aromatic N) is 2. The number of methoxy groups -OCH3 is 1. The zero-order valence-electron chi connectivity index (χ0n) is 15.2. The van der Waals surface area contributed by atoms with Gasteiger partial charge in [0.15, 0.2) is 0 Å². The van der Waals surface area contributed by atoms with Gasteiger partial charge in [-0.25, -0.2) is 0 Å². The van der Waals surface area contributed by atoms with Gasteiger partial charge in [-0.1, -0.05) is 37.3 Å². The first-order chi connectivity index (χ1) is 12.1. The molecular formula is C19H29N3O3. The summed E-state index contributed by atoms with van der Waals surface area (Å²) in [6.45, 7) is 8.15. The smallest absolute Gasteiger partial charge is 0.307 e. The highest BCUT2D eigenvalue weighted by atomic mass is 16.5. The Hall–Kier alpha value is -1.92. The maximum Gasteiger partial charge on any atom is 0.307 e. The lowest BCUT2D eigenvalue weighted by Crippen LogP contribution is -2.47. The second kappa shape index (κ2) is 10.2. The monoisotopic (exact) mass is 347 g/mol. The van der Waals surface area contributed by atoms with Gasteiger partial charge in [0.05, 0.1) is 19.6 Å². The SMILES string of the molecule is CCN1CCN(CCC(=O)N[C@@H](CC(=O)OC)c2ccccc2)CC1. The molecule has 0 aliphatic carbocycles. The van der Waals surface area contributed by atoms with Crippen LogP contribution in [0, 0.1) is 0 Å². The Kier molecular flexibility index (Phi) is 7.88. The summed E-state index contributed by atoms with van der Waals surface area (Å²) in [6.07, 6.45) is 0.581. The Labute approximate surface area is 150 Å². The number of carbonyl (C=O) groups is 2. The summed E-state index contributed by atoms with van der Waals surface area (Å²) in [5.41, 5.74) is 0.915. The van der Waals surface area contributed by atoms with Crippen molar-refractivity contribution in [3.8, 4) is 0 Å². The van der Waals surface area contributed by atoms with Gasteiger partial charge < -0.3 is 19.9 Å². The summed E-state index contributed by atoms with van der Waals surface area (Å²) in [6, 6.07) is 9.20. The number of piperazine rings is 1. The van der Waals surface area contributed by atoms with Gasteiger partial charge in [-0.05, 0) is 12.1 Å². The molecule has 6 nitrogen and oxygen atoms in total. The predicted octanol–water partition coefficient (Wildman–Crippen LogP) is 1.43. The van der Waals surface area contributed by atoms with Gasteiger partial charge in [0.25, 0.3) is 0 Å². The third-order valence-corrected chi connectivity index (χ3v) is 4.70. The number of ether oxygens (including phenoxy) is 1. The van der Waals surface area contributed by atoms with Gasteiger partial charge in [0.2, 0.25) is 5.91 Å². The summed E-state index contributed by atoms with van der Waals surface area (Å²) in [5, 5.41) is 2.98. The Morgan fingerprint density at radius 1 is 1.12 bits per heavy atom. The number of hydrogen-bond acceptors (Lipinski definition) is 5. The Morgan fingerprint density at radius 2 is 1.76 bits per heavy atom. The average Bonchev–Trinajstić information content (AvgIpc) is 2.66. The summed E-state index contributed by atoms with van der Waals surface area (Å²) in [5.74, 6) is -0.361. The van der Waals surface area contributed by atoms with Crippen LogP contribution in [-0.4, -0.2) is 68.1 Å². The number of rotatable bonds is 8. The molecule has 0 unspecified atom stereocenters. The minimum Gasteiger partial charge on any atom is -0.469 e. The first-order valence-electron chi connectivity index (χ1n) is 8.98. The van der Waals surface area contributed by atoms with Crippen molar-refractivity contribution in [3.63, 3.8) is 0 Å². The molecule has 0 bridgehead atoms. The van der Waals surface area contributed by atoms with Gasteiger partial charge in [-0.3, -0.25) is 9.59 Å². The van der Waals surface area contributed by atoms with Gasteiger partial charge in [0, 0.05) is 39.1 Å². The van der Waals surface area contributed by atoms with E-state index in [2.05, 4.69) is 22.0 Å². The number of hydrogen-bond donors (Lipinski definition) is 1. The number of amides is 1. The van der Waals surface area contributed by atoms with Gasteiger partial charge in [-0.15, -0.1) is 0 Å². The average molecular weight is 347 g/mol. The molecule has 0 spiro atoms. The van der Waals surface area contributed by atoms with E-state index in [4.69, 9.17) is 4.74 Å². The Bertz CT molecular complexity index is 542. The van der Waals surface area contributed by atoms with Crippen LogP contribution in [0.1, 0.15) is 31.4 Å². The Morgan fingerprint density at radius 3 is 2.36 bits per heavy atom. The fourth-order valence-corrected chi connectivity index (χ4v) is 3.04. The second-order valence-electron chi connectivity index (χ2n) is 6.34. The van der Waals surface area contributed by atoms with Crippen molar-refractivity contribution < 1.29 is 14.3 Å². The van der Waals surface area contributed by atoms with Crippen LogP contribution in [-0.2, 0) is 14.3 Å². The molecule has 1 atom stereocenters. The largest absolute Gasteiger partial charge is 0.469 e. The fraction of sp³-hybridized carbons (Fsp3) is 0.579. The molecule has 0 radical (unpaired) electrons. The number of benzene rings is 1. The first-order valence-corrected chi connectivity index (χ1v) is 8.98. The Balaban J connectivity index is 1.83. The van der Waals surface area contributed by atoms with Crippen molar-refractivity contribution in [1.29, 1.82) is 0 Å². The van der Waals surface area contributed by atoms with Crippen LogP contribution >= 0.6 is 0 Å². The lowest BCUT2D eigenvalue weighted by molar-refractivity contribution is -0.141. The summed E-state index contributed by atoms with van der Waals surface area (Å²) >= 11 is 0. The molecule has 2 rings (SSSR count). The highest BCUT2D eigenvalue weighted by Gasteiger charge is 2.20. The molecule has 1 aliphatic rings. The first kappa shape index (κ1) is 19.4. The van der Waals surface area contributed by atoms with Crippen LogP contribution in [0.15, 0.2) is 30.3 Å². The van der Waals surface area contributed by atoms with Crippen LogP contribution in [0.3, 0.4) is 0 Å². The lowest BCUT2D eigenvalue weighted by Gasteiger charge is -2.33. The zero-order valence-corrected chi connectivity index (χ0v) is 15.2. The van der Waals surface area contributed by atoms with Crippen LogP contribution in [0.25, 0.3) is 0 Å². The maximum absolute atomic E-state index is 12.4. The lowest BCUT2D eigenvalue weighted by atomic mass is 10.0. The molecule has 6 heteroatoms. The van der Waals surface area contributed by atoms with Crippen molar-refractivity contribution >= 4 is 11.9 Å². The fourth-order valence-electron chi connectivity index (χ4n) is 3.04. The maximum atomic E-state index is 12.4. The molecule has 0 saturated carbocycles. The second-order valence-corrected chi connectivity index (χ2v) is 6.34. The number of likely N-dealkylation sites (N-methyl/N-ethyl adjacent to an activating group) is 1. The van der Waals surface area contributed by atoms with E-state index in [1.165, 1.54) is 7.11 Å². The molecule has 1 amide bonds. The molecule has 1 aliphatic heterocycles. The number of carbonyl (C=O) groups excluding carboxylic acids is 2. The van der Waals surface area contributed by atoms with Gasteiger partial charge in [-0.2, -0.15) is 0 Å². The topological polar surface area (TPSA) is 61.9 Å². The van der Waals surface area contributed by atoms with E-state index in [0.717, 1.165) is 44.8 Å². The third kappa shape index (κ3) is 6.48. The van der Waals surface area contributed by atoms with Crippen molar-refractivity contribution in [1.82, 2.24) is 15.1 Å². The van der Waals surface area contributed by atoms with E-state index in [-0.39, 0.29) is 24.3 Å². The van der Waals surface area contributed by atoms with Crippen LogP contribution < -0.4 is 5.32 Å². The molecule has 1 fully saturated rings. The van der Waals surface area contributed by atoms with E-state index in [9.17, 15) is 9.59 Å². The number of nitrogens with one attached hydrogen (secondary N) is 1. The van der Waals surface area contributed by atoms with Crippen molar-refractivity contribution in [2.24, 2.45) is 0 Å². The molecule has 138 valence electrons. The predicted molar refractivity (Wildman–Crippen MR) is 97.1 cm³/mol. The van der Waals surface area contributed by atoms with Crippen LogP contribution in [0.4, 0.5) is 0 Å². The third-order valence-electron chi connectivity index (χ3n) is 4.70. The molecule has 25 heavy (non-hydrogen) atoms. The standard InChI is InChI=1S/C19H29N3O3/c1-3-21-11-13-22(14-12-21)10-9-18(23)20-17(15-19(24)25-2)16-7-5-4-6-8-16/h4-8,17H,3,9-15H2,1-2H3,(H,20,23)/t17-/m0/s1. The van der Waals surface area contributed by atoms with Gasteiger partial charge in [0.1, 0.15) is 0 Å². The minimum atomic E-state index is -0.349. The zero-order chi connectivity index (χ0) is 18.1. The molecule has 1 aromatic carbocycles. The quantitative estimate of drug-likeness (QED) is 0.721. The molecule has 0 aromatic heterocycles. The highest BCUT2D eigenvalue weighted by molar-refractivity contribution is 5.78. The molecule has 1 aromatic rings. The van der Waals surface area contributed by atoms with Crippen molar-refractivity contribution in [3.05, 3.63) is 35.9 Å². The molecule has 1 heterocycles. The van der Waals surface area contributed by atoms with Gasteiger partial charge >= 0.3 is 5.97 Å². The summed E-state index contributed by atoms with van der Waals surface area (Å²) in [7, 11) is 1.36. The number of esters is 1. The summed E-state index contributed by atoms with van der Waals surface area (Å²) in [4.78, 5) is 28.8. The van der Waals surface area contributed by atoms with Crippen molar-refractivity contribution in [2.75, 3.05) is 46.4 Å². The minimum absolute atomic E-state index is 0.0318. The van der Waals surface area contributed by atoms with E-state index in [1.807, 2.05) is 30.3 Å². The van der Waals surface area contributed by atoms with E-state index in [1.54, 1.807) is 0 Å². The van der Waals surface area contributed by atoms with E-state index < -0.39 is 0 Å². The highest BCUT2D eigenvalue weighted by Crippen LogP contribution is 2.17. The van der Waals surface area contributed by atoms with Crippen LogP contribution in [0.5, 0.6) is 0 Å². The normalized spacial score (nSPS) is 17.0. The van der Waals surface area contributed by atoms with Crippen LogP contribution in [0.2, 0.25) is 0 Å².